The Balaban J connectivity index is 2.00. The highest BCUT2D eigenvalue weighted by atomic mass is 16.1. The van der Waals surface area contributed by atoms with Gasteiger partial charge in [0, 0.05) is 19.0 Å². The second-order valence-electron chi connectivity index (χ2n) is 4.22. The van der Waals surface area contributed by atoms with Crippen LogP contribution in [0.3, 0.4) is 0 Å². The summed E-state index contributed by atoms with van der Waals surface area (Å²) in [7, 11) is 0. The summed E-state index contributed by atoms with van der Waals surface area (Å²) < 4.78 is 0. The van der Waals surface area contributed by atoms with Crippen molar-refractivity contribution in [3.05, 3.63) is 0 Å². The Hall–Kier alpha value is -0.570. The maximum absolute atomic E-state index is 11.5. The summed E-state index contributed by atoms with van der Waals surface area (Å²) in [4.78, 5) is 11.5. The lowest BCUT2D eigenvalue weighted by molar-refractivity contribution is -0.124. The molecular formula is C11H22N2O. The zero-order chi connectivity index (χ0) is 10.4. The molecule has 1 aliphatic rings. The first-order valence-corrected chi connectivity index (χ1v) is 5.75. The van der Waals surface area contributed by atoms with Gasteiger partial charge in [-0.25, -0.2) is 0 Å². The Bertz CT molecular complexity index is 174. The van der Waals surface area contributed by atoms with E-state index in [4.69, 9.17) is 5.73 Å². The summed E-state index contributed by atoms with van der Waals surface area (Å²) in [6, 6.07) is 0. The lowest BCUT2D eigenvalue weighted by atomic mass is 10.1. The second kappa shape index (κ2) is 6.02. The van der Waals surface area contributed by atoms with E-state index in [1.54, 1.807) is 0 Å². The van der Waals surface area contributed by atoms with Gasteiger partial charge in [0.1, 0.15) is 0 Å². The highest BCUT2D eigenvalue weighted by Gasteiger charge is 2.20. The third kappa shape index (κ3) is 4.09. The van der Waals surface area contributed by atoms with E-state index in [9.17, 15) is 4.79 Å². The van der Waals surface area contributed by atoms with Gasteiger partial charge in [-0.15, -0.1) is 0 Å². The van der Waals surface area contributed by atoms with Crippen molar-refractivity contribution in [3.8, 4) is 0 Å². The van der Waals surface area contributed by atoms with Gasteiger partial charge in [0.2, 0.25) is 5.91 Å². The third-order valence-electron chi connectivity index (χ3n) is 2.93. The third-order valence-corrected chi connectivity index (χ3v) is 2.93. The lowest BCUT2D eigenvalue weighted by Crippen LogP contribution is -2.35. The summed E-state index contributed by atoms with van der Waals surface area (Å²) >= 11 is 0. The fraction of sp³-hybridized carbons (Fsp3) is 0.909. The molecule has 0 saturated heterocycles. The molecule has 0 radical (unpaired) electrons. The minimum Gasteiger partial charge on any atom is -0.356 e. The molecule has 14 heavy (non-hydrogen) atoms. The van der Waals surface area contributed by atoms with E-state index < -0.39 is 0 Å². The highest BCUT2D eigenvalue weighted by Crippen LogP contribution is 2.33. The van der Waals surface area contributed by atoms with Crippen molar-refractivity contribution in [2.75, 3.05) is 13.1 Å². The molecule has 0 spiro atoms. The zero-order valence-electron chi connectivity index (χ0n) is 9.09. The van der Waals surface area contributed by atoms with Crippen LogP contribution < -0.4 is 11.1 Å². The van der Waals surface area contributed by atoms with Gasteiger partial charge in [0.25, 0.3) is 0 Å². The Morgan fingerprint density at radius 2 is 2.29 bits per heavy atom. The number of hydrogen-bond acceptors (Lipinski definition) is 2. The number of hydrogen-bond donors (Lipinski definition) is 2. The van der Waals surface area contributed by atoms with Crippen LogP contribution in [0.1, 0.15) is 39.0 Å². The van der Waals surface area contributed by atoms with Crippen molar-refractivity contribution < 1.29 is 4.79 Å². The Labute approximate surface area is 86.4 Å². The van der Waals surface area contributed by atoms with Crippen molar-refractivity contribution in [1.29, 1.82) is 0 Å². The predicted octanol–water partition coefficient (Wildman–Crippen LogP) is 1.28. The normalized spacial score (nSPS) is 17.9. The Morgan fingerprint density at radius 3 is 2.79 bits per heavy atom. The molecule has 1 saturated carbocycles. The fourth-order valence-electron chi connectivity index (χ4n) is 1.61. The topological polar surface area (TPSA) is 55.1 Å². The molecule has 1 atom stereocenters. The molecule has 0 heterocycles. The summed E-state index contributed by atoms with van der Waals surface area (Å²) in [5.74, 6) is 1.10. The second-order valence-corrected chi connectivity index (χ2v) is 4.22. The lowest BCUT2D eigenvalue weighted by Gasteiger charge is -2.12. The molecule has 3 nitrogen and oxygen atoms in total. The van der Waals surface area contributed by atoms with Gasteiger partial charge in [-0.3, -0.25) is 4.79 Å². The molecule has 1 amide bonds. The number of nitrogens with one attached hydrogen (secondary N) is 1. The van der Waals surface area contributed by atoms with E-state index in [2.05, 4.69) is 5.32 Å². The van der Waals surface area contributed by atoms with Crippen molar-refractivity contribution >= 4 is 5.91 Å². The monoisotopic (exact) mass is 198 g/mol. The van der Waals surface area contributed by atoms with E-state index in [0.717, 1.165) is 25.3 Å². The molecule has 3 N–H and O–H groups in total. The van der Waals surface area contributed by atoms with Gasteiger partial charge in [-0.2, -0.15) is 0 Å². The number of rotatable bonds is 7. The van der Waals surface area contributed by atoms with Gasteiger partial charge < -0.3 is 11.1 Å². The smallest absolute Gasteiger partial charge is 0.224 e. The molecule has 0 aromatic heterocycles. The van der Waals surface area contributed by atoms with E-state index in [-0.39, 0.29) is 11.8 Å². The van der Waals surface area contributed by atoms with Crippen LogP contribution in [0.5, 0.6) is 0 Å². The predicted molar refractivity (Wildman–Crippen MR) is 57.8 cm³/mol. The zero-order valence-corrected chi connectivity index (χ0v) is 9.09. The highest BCUT2D eigenvalue weighted by molar-refractivity contribution is 5.78. The van der Waals surface area contributed by atoms with Crippen LogP contribution in [-0.4, -0.2) is 19.0 Å². The van der Waals surface area contributed by atoms with E-state index >= 15 is 0 Å². The standard InChI is InChI=1S/C11H22N2O/c1-2-10(8-12)11(14)13-7-3-4-9-5-6-9/h9-10H,2-8,12H2,1H3,(H,13,14). The van der Waals surface area contributed by atoms with Crippen LogP contribution in [0.4, 0.5) is 0 Å². The first kappa shape index (κ1) is 11.5. The van der Waals surface area contributed by atoms with E-state index in [0.29, 0.717) is 6.54 Å². The van der Waals surface area contributed by atoms with Gasteiger partial charge in [-0.1, -0.05) is 19.8 Å². The Morgan fingerprint density at radius 1 is 1.57 bits per heavy atom. The van der Waals surface area contributed by atoms with E-state index in [1.165, 1.54) is 19.3 Å². The molecular weight excluding hydrogens is 176 g/mol. The van der Waals surface area contributed by atoms with Gasteiger partial charge in [0.05, 0.1) is 0 Å². The first-order chi connectivity index (χ1) is 6.77. The molecule has 0 aliphatic heterocycles. The fourth-order valence-corrected chi connectivity index (χ4v) is 1.61. The van der Waals surface area contributed by atoms with Crippen LogP contribution in [0.25, 0.3) is 0 Å². The maximum atomic E-state index is 11.5. The SMILES string of the molecule is CCC(CN)C(=O)NCCCC1CC1. The molecule has 1 fully saturated rings. The van der Waals surface area contributed by atoms with Crippen molar-refractivity contribution in [3.63, 3.8) is 0 Å². The first-order valence-electron chi connectivity index (χ1n) is 5.75. The average molecular weight is 198 g/mol. The average Bonchev–Trinajstić information content (AvgIpc) is 2.98. The molecule has 82 valence electrons. The molecule has 1 aliphatic carbocycles. The van der Waals surface area contributed by atoms with Crippen molar-refractivity contribution in [2.45, 2.75) is 39.0 Å². The van der Waals surface area contributed by atoms with Gasteiger partial charge in [-0.05, 0) is 25.2 Å². The molecule has 1 unspecified atom stereocenters. The quantitative estimate of drug-likeness (QED) is 0.605. The molecule has 0 bridgehead atoms. The molecule has 0 aromatic carbocycles. The van der Waals surface area contributed by atoms with Crippen LogP contribution in [-0.2, 0) is 4.79 Å². The number of amides is 1. The minimum absolute atomic E-state index is 0.0101. The Kier molecular flexibility index (Phi) is 4.94. The summed E-state index contributed by atoms with van der Waals surface area (Å²) in [6.45, 7) is 3.29. The minimum atomic E-state index is 0.0101. The molecule has 3 heteroatoms. The van der Waals surface area contributed by atoms with Crippen LogP contribution in [0, 0.1) is 11.8 Å². The van der Waals surface area contributed by atoms with Crippen LogP contribution >= 0.6 is 0 Å². The summed E-state index contributed by atoms with van der Waals surface area (Å²) in [5.41, 5.74) is 5.49. The molecule has 1 rings (SSSR count). The van der Waals surface area contributed by atoms with Gasteiger partial charge >= 0.3 is 0 Å². The number of carbonyl (C=O) groups excluding carboxylic acids is 1. The summed E-state index contributed by atoms with van der Waals surface area (Å²) in [5, 5.41) is 2.95. The number of nitrogens with two attached hydrogens (primary N) is 1. The largest absolute Gasteiger partial charge is 0.356 e. The maximum Gasteiger partial charge on any atom is 0.224 e. The summed E-state index contributed by atoms with van der Waals surface area (Å²) in [6.07, 6.45) is 6.03. The van der Waals surface area contributed by atoms with Crippen molar-refractivity contribution in [2.24, 2.45) is 17.6 Å². The molecule has 0 aromatic rings. The van der Waals surface area contributed by atoms with Crippen molar-refractivity contribution in [1.82, 2.24) is 5.32 Å². The van der Waals surface area contributed by atoms with Crippen LogP contribution in [0.2, 0.25) is 0 Å². The van der Waals surface area contributed by atoms with E-state index in [1.807, 2.05) is 6.92 Å². The van der Waals surface area contributed by atoms with Gasteiger partial charge in [0.15, 0.2) is 0 Å². The number of carbonyl (C=O) groups is 1. The van der Waals surface area contributed by atoms with Crippen LogP contribution in [0.15, 0.2) is 0 Å².